The molecule has 4 nitrogen and oxygen atoms in total. The molecule has 2 rings (SSSR count). The Hall–Kier alpha value is -1.32. The SMILES string of the molecule is CCNc1cc(NC2(C)CC2)ncn1. The van der Waals surface area contributed by atoms with Crippen molar-refractivity contribution in [2.45, 2.75) is 32.2 Å². The minimum atomic E-state index is 0.276. The molecule has 14 heavy (non-hydrogen) atoms. The monoisotopic (exact) mass is 192 g/mol. The van der Waals surface area contributed by atoms with Crippen LogP contribution in [0.3, 0.4) is 0 Å². The maximum absolute atomic E-state index is 4.18. The minimum Gasteiger partial charge on any atom is -0.370 e. The highest BCUT2D eigenvalue weighted by Gasteiger charge is 2.37. The number of rotatable bonds is 4. The van der Waals surface area contributed by atoms with Crippen LogP contribution in [0.4, 0.5) is 11.6 Å². The van der Waals surface area contributed by atoms with Gasteiger partial charge in [-0.15, -0.1) is 0 Å². The fourth-order valence-electron chi connectivity index (χ4n) is 1.33. The van der Waals surface area contributed by atoms with Crippen LogP contribution in [-0.4, -0.2) is 22.1 Å². The van der Waals surface area contributed by atoms with Crippen molar-refractivity contribution < 1.29 is 0 Å². The van der Waals surface area contributed by atoms with Crippen LogP contribution in [0.25, 0.3) is 0 Å². The topological polar surface area (TPSA) is 49.8 Å². The van der Waals surface area contributed by atoms with E-state index in [0.717, 1.165) is 18.2 Å². The molecule has 2 N–H and O–H groups in total. The van der Waals surface area contributed by atoms with Gasteiger partial charge in [-0.25, -0.2) is 9.97 Å². The van der Waals surface area contributed by atoms with Crippen LogP contribution in [0.15, 0.2) is 12.4 Å². The molecule has 0 aliphatic heterocycles. The van der Waals surface area contributed by atoms with Crippen molar-refractivity contribution in [3.05, 3.63) is 12.4 Å². The van der Waals surface area contributed by atoms with Gasteiger partial charge in [0.1, 0.15) is 18.0 Å². The fourth-order valence-corrected chi connectivity index (χ4v) is 1.33. The van der Waals surface area contributed by atoms with Gasteiger partial charge in [-0.1, -0.05) is 0 Å². The fraction of sp³-hybridized carbons (Fsp3) is 0.600. The van der Waals surface area contributed by atoms with Crippen molar-refractivity contribution in [2.75, 3.05) is 17.2 Å². The van der Waals surface area contributed by atoms with Crippen LogP contribution >= 0.6 is 0 Å². The van der Waals surface area contributed by atoms with Crippen LogP contribution in [-0.2, 0) is 0 Å². The first-order chi connectivity index (χ1) is 6.72. The molecule has 1 saturated carbocycles. The maximum Gasteiger partial charge on any atom is 0.131 e. The minimum absolute atomic E-state index is 0.276. The standard InChI is InChI=1S/C10H16N4/c1-3-11-8-6-9(13-7-12-8)14-10(2)4-5-10/h6-7H,3-5H2,1-2H3,(H2,11,12,13,14). The second-order valence-electron chi connectivity index (χ2n) is 4.00. The van der Waals surface area contributed by atoms with Crippen molar-refractivity contribution in [1.29, 1.82) is 0 Å². The molecular weight excluding hydrogens is 176 g/mol. The van der Waals surface area contributed by atoms with Crippen molar-refractivity contribution >= 4 is 11.6 Å². The number of anilines is 2. The molecule has 0 unspecified atom stereocenters. The summed E-state index contributed by atoms with van der Waals surface area (Å²) in [6, 6.07) is 1.95. The molecule has 76 valence electrons. The predicted octanol–water partition coefficient (Wildman–Crippen LogP) is 1.87. The van der Waals surface area contributed by atoms with Gasteiger partial charge in [0.2, 0.25) is 0 Å². The molecule has 1 aromatic heterocycles. The average Bonchev–Trinajstić information content (AvgIpc) is 2.84. The molecule has 1 heterocycles. The van der Waals surface area contributed by atoms with Crippen LogP contribution in [0.2, 0.25) is 0 Å². The second-order valence-corrected chi connectivity index (χ2v) is 4.00. The first kappa shape index (κ1) is 9.24. The quantitative estimate of drug-likeness (QED) is 0.764. The van der Waals surface area contributed by atoms with E-state index in [2.05, 4.69) is 34.4 Å². The first-order valence-electron chi connectivity index (χ1n) is 5.06. The molecule has 0 spiro atoms. The van der Waals surface area contributed by atoms with Gasteiger partial charge in [0.15, 0.2) is 0 Å². The Morgan fingerprint density at radius 3 is 2.71 bits per heavy atom. The Balaban J connectivity index is 2.06. The van der Waals surface area contributed by atoms with Gasteiger partial charge in [0.25, 0.3) is 0 Å². The molecular formula is C10H16N4. The highest BCUT2D eigenvalue weighted by molar-refractivity contribution is 5.48. The lowest BCUT2D eigenvalue weighted by Gasteiger charge is -2.12. The van der Waals surface area contributed by atoms with Gasteiger partial charge in [-0.3, -0.25) is 0 Å². The van der Waals surface area contributed by atoms with Crippen molar-refractivity contribution in [3.8, 4) is 0 Å². The van der Waals surface area contributed by atoms with E-state index in [0.29, 0.717) is 0 Å². The highest BCUT2D eigenvalue weighted by atomic mass is 15.1. The first-order valence-corrected chi connectivity index (χ1v) is 5.06. The Bertz CT molecular complexity index is 320. The van der Waals surface area contributed by atoms with Gasteiger partial charge < -0.3 is 10.6 Å². The molecule has 0 amide bonds. The lowest BCUT2D eigenvalue weighted by atomic mass is 10.3. The van der Waals surface area contributed by atoms with E-state index in [4.69, 9.17) is 0 Å². The largest absolute Gasteiger partial charge is 0.370 e. The molecule has 0 saturated heterocycles. The smallest absolute Gasteiger partial charge is 0.131 e. The van der Waals surface area contributed by atoms with E-state index in [1.807, 2.05) is 6.07 Å². The Labute approximate surface area is 84.2 Å². The van der Waals surface area contributed by atoms with Crippen molar-refractivity contribution in [2.24, 2.45) is 0 Å². The van der Waals surface area contributed by atoms with E-state index < -0.39 is 0 Å². The zero-order valence-corrected chi connectivity index (χ0v) is 8.67. The van der Waals surface area contributed by atoms with Gasteiger partial charge in [0.05, 0.1) is 0 Å². The van der Waals surface area contributed by atoms with Crippen molar-refractivity contribution in [3.63, 3.8) is 0 Å². The van der Waals surface area contributed by atoms with Gasteiger partial charge in [-0.2, -0.15) is 0 Å². The van der Waals surface area contributed by atoms with Crippen LogP contribution < -0.4 is 10.6 Å². The molecule has 0 atom stereocenters. The van der Waals surface area contributed by atoms with E-state index in [1.165, 1.54) is 12.8 Å². The number of aromatic nitrogens is 2. The molecule has 1 fully saturated rings. The van der Waals surface area contributed by atoms with Gasteiger partial charge >= 0.3 is 0 Å². The van der Waals surface area contributed by atoms with Gasteiger partial charge in [0, 0.05) is 18.2 Å². The molecule has 1 aliphatic rings. The molecule has 0 radical (unpaired) electrons. The van der Waals surface area contributed by atoms with E-state index >= 15 is 0 Å². The number of hydrogen-bond acceptors (Lipinski definition) is 4. The Kier molecular flexibility index (Phi) is 2.27. The number of nitrogens with one attached hydrogen (secondary N) is 2. The molecule has 4 heteroatoms. The van der Waals surface area contributed by atoms with E-state index in [9.17, 15) is 0 Å². The van der Waals surface area contributed by atoms with Crippen LogP contribution in [0, 0.1) is 0 Å². The molecule has 1 aliphatic carbocycles. The van der Waals surface area contributed by atoms with Crippen molar-refractivity contribution in [1.82, 2.24) is 9.97 Å². The zero-order valence-electron chi connectivity index (χ0n) is 8.67. The highest BCUT2D eigenvalue weighted by Crippen LogP contribution is 2.37. The lowest BCUT2D eigenvalue weighted by molar-refractivity contribution is 0.819. The summed E-state index contributed by atoms with van der Waals surface area (Å²) >= 11 is 0. The molecule has 1 aromatic rings. The number of hydrogen-bond donors (Lipinski definition) is 2. The second kappa shape index (κ2) is 3.44. The average molecular weight is 192 g/mol. The summed E-state index contributed by atoms with van der Waals surface area (Å²) in [5.41, 5.74) is 0.276. The Morgan fingerprint density at radius 2 is 2.07 bits per heavy atom. The summed E-state index contributed by atoms with van der Waals surface area (Å²) in [4.78, 5) is 8.30. The Morgan fingerprint density at radius 1 is 1.36 bits per heavy atom. The normalized spacial score (nSPS) is 17.6. The summed E-state index contributed by atoms with van der Waals surface area (Å²) in [5.74, 6) is 1.80. The third kappa shape index (κ3) is 2.13. The third-order valence-corrected chi connectivity index (χ3v) is 2.45. The van der Waals surface area contributed by atoms with Crippen LogP contribution in [0.5, 0.6) is 0 Å². The maximum atomic E-state index is 4.18. The van der Waals surface area contributed by atoms with Gasteiger partial charge in [-0.05, 0) is 26.7 Å². The zero-order chi connectivity index (χ0) is 10.0. The summed E-state index contributed by atoms with van der Waals surface area (Å²) in [6.45, 7) is 5.15. The lowest BCUT2D eigenvalue weighted by Crippen LogP contribution is -2.17. The summed E-state index contributed by atoms with van der Waals surface area (Å²) in [5, 5.41) is 6.56. The van der Waals surface area contributed by atoms with E-state index in [1.54, 1.807) is 6.33 Å². The summed E-state index contributed by atoms with van der Waals surface area (Å²) in [6.07, 6.45) is 4.05. The number of nitrogens with zero attached hydrogens (tertiary/aromatic N) is 2. The summed E-state index contributed by atoms with van der Waals surface area (Å²) < 4.78 is 0. The summed E-state index contributed by atoms with van der Waals surface area (Å²) in [7, 11) is 0. The molecule has 0 aromatic carbocycles. The molecule has 0 bridgehead atoms. The third-order valence-electron chi connectivity index (χ3n) is 2.45. The van der Waals surface area contributed by atoms with Crippen LogP contribution in [0.1, 0.15) is 26.7 Å². The predicted molar refractivity (Wildman–Crippen MR) is 57.5 cm³/mol. The van der Waals surface area contributed by atoms with E-state index in [-0.39, 0.29) is 5.54 Å².